The fraction of sp³-hybridized carbons (Fsp3) is 0.538. The zero-order valence-corrected chi connectivity index (χ0v) is 10.1. The first-order valence-electron chi connectivity index (χ1n) is 6.21. The molecule has 2 rings (SSSR count). The first kappa shape index (κ1) is 11.9. The van der Waals surface area contributed by atoms with Gasteiger partial charge in [-0.15, -0.1) is 0 Å². The standard InChI is InChI=1S/C13H19N3O/c1-2-10(7-9-3-4-9)16-11-5-6-15-12(8-11)13(14)17/h5-6,8-10H,2-4,7H2,1H3,(H2,14,17)(H,15,16). The third-order valence-corrected chi connectivity index (χ3v) is 3.19. The average Bonchev–Trinajstić information content (AvgIpc) is 3.12. The first-order valence-corrected chi connectivity index (χ1v) is 6.21. The molecule has 0 radical (unpaired) electrons. The zero-order valence-electron chi connectivity index (χ0n) is 10.1. The number of anilines is 1. The number of rotatable bonds is 6. The molecule has 1 aliphatic rings. The molecule has 17 heavy (non-hydrogen) atoms. The summed E-state index contributed by atoms with van der Waals surface area (Å²) < 4.78 is 0. The van der Waals surface area contributed by atoms with Gasteiger partial charge in [0.05, 0.1) is 0 Å². The average molecular weight is 233 g/mol. The van der Waals surface area contributed by atoms with Crippen molar-refractivity contribution in [2.75, 3.05) is 5.32 Å². The molecule has 1 aromatic rings. The number of carbonyl (C=O) groups excluding carboxylic acids is 1. The van der Waals surface area contributed by atoms with Crippen LogP contribution in [-0.2, 0) is 0 Å². The summed E-state index contributed by atoms with van der Waals surface area (Å²) in [6.45, 7) is 2.18. The van der Waals surface area contributed by atoms with Gasteiger partial charge in [0, 0.05) is 17.9 Å². The molecule has 1 heterocycles. The van der Waals surface area contributed by atoms with Crippen LogP contribution in [0.5, 0.6) is 0 Å². The van der Waals surface area contributed by atoms with Gasteiger partial charge in [-0.25, -0.2) is 0 Å². The fourth-order valence-corrected chi connectivity index (χ4v) is 1.97. The second-order valence-electron chi connectivity index (χ2n) is 4.72. The quantitative estimate of drug-likeness (QED) is 0.791. The lowest BCUT2D eigenvalue weighted by molar-refractivity contribution is 0.0995. The molecule has 1 aromatic heterocycles. The maximum Gasteiger partial charge on any atom is 0.267 e. The summed E-state index contributed by atoms with van der Waals surface area (Å²) in [5.74, 6) is 0.411. The van der Waals surface area contributed by atoms with Crippen molar-refractivity contribution in [2.24, 2.45) is 11.7 Å². The number of primary amides is 1. The second kappa shape index (κ2) is 5.17. The van der Waals surface area contributed by atoms with E-state index in [1.165, 1.54) is 19.3 Å². The van der Waals surface area contributed by atoms with Crippen LogP contribution >= 0.6 is 0 Å². The predicted molar refractivity (Wildman–Crippen MR) is 67.8 cm³/mol. The summed E-state index contributed by atoms with van der Waals surface area (Å²) in [4.78, 5) is 15.0. The second-order valence-corrected chi connectivity index (χ2v) is 4.72. The largest absolute Gasteiger partial charge is 0.382 e. The van der Waals surface area contributed by atoms with E-state index in [0.29, 0.717) is 11.7 Å². The van der Waals surface area contributed by atoms with Gasteiger partial charge in [-0.2, -0.15) is 0 Å². The Balaban J connectivity index is 2.00. The Morgan fingerprint density at radius 1 is 1.65 bits per heavy atom. The van der Waals surface area contributed by atoms with Gasteiger partial charge in [-0.05, 0) is 30.9 Å². The van der Waals surface area contributed by atoms with Gasteiger partial charge in [0.25, 0.3) is 5.91 Å². The SMILES string of the molecule is CCC(CC1CC1)Nc1ccnc(C(N)=O)c1. The van der Waals surface area contributed by atoms with Crippen molar-refractivity contribution in [1.29, 1.82) is 0 Å². The van der Waals surface area contributed by atoms with E-state index in [9.17, 15) is 4.79 Å². The van der Waals surface area contributed by atoms with Gasteiger partial charge in [0.2, 0.25) is 0 Å². The van der Waals surface area contributed by atoms with Crippen LogP contribution in [0, 0.1) is 5.92 Å². The number of nitrogens with zero attached hydrogens (tertiary/aromatic N) is 1. The van der Waals surface area contributed by atoms with Crippen molar-refractivity contribution >= 4 is 11.6 Å². The molecule has 0 aliphatic heterocycles. The Morgan fingerprint density at radius 2 is 2.41 bits per heavy atom. The molecular weight excluding hydrogens is 214 g/mol. The van der Waals surface area contributed by atoms with E-state index in [2.05, 4.69) is 17.2 Å². The summed E-state index contributed by atoms with van der Waals surface area (Å²) in [7, 11) is 0. The number of pyridine rings is 1. The van der Waals surface area contributed by atoms with Crippen molar-refractivity contribution in [1.82, 2.24) is 4.98 Å². The van der Waals surface area contributed by atoms with Crippen molar-refractivity contribution in [3.8, 4) is 0 Å². The first-order chi connectivity index (χ1) is 8.19. The molecule has 4 nitrogen and oxygen atoms in total. The van der Waals surface area contributed by atoms with Gasteiger partial charge in [0.1, 0.15) is 5.69 Å². The number of amides is 1. The molecule has 0 saturated heterocycles. The van der Waals surface area contributed by atoms with Gasteiger partial charge >= 0.3 is 0 Å². The van der Waals surface area contributed by atoms with Crippen LogP contribution in [0.15, 0.2) is 18.3 Å². The van der Waals surface area contributed by atoms with Gasteiger partial charge in [0.15, 0.2) is 0 Å². The third kappa shape index (κ3) is 3.44. The Morgan fingerprint density at radius 3 is 3.00 bits per heavy atom. The van der Waals surface area contributed by atoms with Crippen molar-refractivity contribution in [2.45, 2.75) is 38.6 Å². The molecular formula is C13H19N3O. The molecule has 0 spiro atoms. The van der Waals surface area contributed by atoms with Crippen LogP contribution in [0.4, 0.5) is 5.69 Å². The van der Waals surface area contributed by atoms with Crippen molar-refractivity contribution in [3.05, 3.63) is 24.0 Å². The van der Waals surface area contributed by atoms with Crippen molar-refractivity contribution in [3.63, 3.8) is 0 Å². The highest BCUT2D eigenvalue weighted by atomic mass is 16.1. The van der Waals surface area contributed by atoms with Gasteiger partial charge in [-0.3, -0.25) is 9.78 Å². The number of carbonyl (C=O) groups is 1. The molecule has 0 bridgehead atoms. The lowest BCUT2D eigenvalue weighted by Crippen LogP contribution is -2.20. The predicted octanol–water partition coefficient (Wildman–Crippen LogP) is 2.17. The monoisotopic (exact) mass is 233 g/mol. The number of hydrogen-bond donors (Lipinski definition) is 2. The summed E-state index contributed by atoms with van der Waals surface area (Å²) >= 11 is 0. The van der Waals surface area contributed by atoms with E-state index in [-0.39, 0.29) is 0 Å². The van der Waals surface area contributed by atoms with E-state index >= 15 is 0 Å². The summed E-state index contributed by atoms with van der Waals surface area (Å²) in [5, 5.41) is 3.45. The Labute approximate surface area is 102 Å². The van der Waals surface area contributed by atoms with Gasteiger partial charge < -0.3 is 11.1 Å². The molecule has 92 valence electrons. The van der Waals surface area contributed by atoms with E-state index < -0.39 is 5.91 Å². The van der Waals surface area contributed by atoms with Crippen LogP contribution in [0.1, 0.15) is 43.1 Å². The molecule has 4 heteroatoms. The van der Waals surface area contributed by atoms with Crippen LogP contribution < -0.4 is 11.1 Å². The number of aromatic nitrogens is 1. The maximum atomic E-state index is 11.0. The number of hydrogen-bond acceptors (Lipinski definition) is 3. The van der Waals surface area contributed by atoms with Crippen LogP contribution in [0.3, 0.4) is 0 Å². The van der Waals surface area contributed by atoms with Crippen LogP contribution in [-0.4, -0.2) is 16.9 Å². The molecule has 3 N–H and O–H groups in total. The smallest absolute Gasteiger partial charge is 0.267 e. The molecule has 1 saturated carbocycles. The normalized spacial score (nSPS) is 16.5. The number of nitrogens with two attached hydrogens (primary N) is 1. The number of nitrogens with one attached hydrogen (secondary N) is 1. The zero-order chi connectivity index (χ0) is 12.3. The Kier molecular flexibility index (Phi) is 3.61. The van der Waals surface area contributed by atoms with E-state index in [1.807, 2.05) is 6.07 Å². The Hall–Kier alpha value is -1.58. The highest BCUT2D eigenvalue weighted by Gasteiger charge is 2.24. The minimum Gasteiger partial charge on any atom is -0.382 e. The van der Waals surface area contributed by atoms with Crippen molar-refractivity contribution < 1.29 is 4.79 Å². The molecule has 0 aromatic carbocycles. The van der Waals surface area contributed by atoms with Crippen LogP contribution in [0.2, 0.25) is 0 Å². The lowest BCUT2D eigenvalue weighted by Gasteiger charge is -2.18. The van der Waals surface area contributed by atoms with E-state index in [0.717, 1.165) is 18.0 Å². The summed E-state index contributed by atoms with van der Waals surface area (Å²) in [6, 6.07) is 4.07. The van der Waals surface area contributed by atoms with E-state index in [1.54, 1.807) is 12.3 Å². The minimum absolute atomic E-state index is 0.316. The summed E-state index contributed by atoms with van der Waals surface area (Å²) in [6.07, 6.45) is 6.64. The lowest BCUT2D eigenvalue weighted by atomic mass is 10.1. The highest BCUT2D eigenvalue weighted by Crippen LogP contribution is 2.34. The molecule has 1 amide bonds. The van der Waals surface area contributed by atoms with E-state index in [4.69, 9.17) is 5.73 Å². The minimum atomic E-state index is -0.483. The molecule has 1 atom stereocenters. The Bertz CT molecular complexity index is 401. The fourth-order valence-electron chi connectivity index (χ4n) is 1.97. The van der Waals surface area contributed by atoms with Gasteiger partial charge in [-0.1, -0.05) is 19.8 Å². The maximum absolute atomic E-state index is 11.0. The molecule has 1 fully saturated rings. The highest BCUT2D eigenvalue weighted by molar-refractivity contribution is 5.91. The molecule has 1 aliphatic carbocycles. The van der Waals surface area contributed by atoms with Crippen LogP contribution in [0.25, 0.3) is 0 Å². The summed E-state index contributed by atoms with van der Waals surface area (Å²) in [5.41, 5.74) is 6.46. The third-order valence-electron chi connectivity index (χ3n) is 3.19. The topological polar surface area (TPSA) is 68.0 Å². The molecule has 1 unspecified atom stereocenters.